The molecule has 0 fully saturated rings. The maximum Gasteiger partial charge on any atom is 0.143 e. The second kappa shape index (κ2) is 4.07. The van der Waals surface area contributed by atoms with Crippen LogP contribution in [0.1, 0.15) is 0 Å². The van der Waals surface area contributed by atoms with Gasteiger partial charge < -0.3 is 0 Å². The lowest BCUT2D eigenvalue weighted by Gasteiger charge is -2.01. The molecule has 0 unspecified atom stereocenters. The summed E-state index contributed by atoms with van der Waals surface area (Å²) < 4.78 is 0.792. The van der Waals surface area contributed by atoms with Crippen molar-refractivity contribution < 1.29 is 0 Å². The Hall–Kier alpha value is -0.930. The SMILES string of the molecule is Clc1ncc(-c2cccnc2)cc1Br. The highest BCUT2D eigenvalue weighted by Gasteiger charge is 2.02. The second-order valence-corrected chi connectivity index (χ2v) is 3.95. The molecule has 0 radical (unpaired) electrons. The van der Waals surface area contributed by atoms with E-state index < -0.39 is 0 Å². The van der Waals surface area contributed by atoms with E-state index in [0.717, 1.165) is 15.6 Å². The van der Waals surface area contributed by atoms with Crippen molar-refractivity contribution in [1.29, 1.82) is 0 Å². The summed E-state index contributed by atoms with van der Waals surface area (Å²) in [5, 5.41) is 0.470. The Morgan fingerprint density at radius 1 is 1.21 bits per heavy atom. The zero-order chi connectivity index (χ0) is 9.97. The average molecular weight is 270 g/mol. The van der Waals surface area contributed by atoms with Crippen LogP contribution >= 0.6 is 27.5 Å². The lowest BCUT2D eigenvalue weighted by molar-refractivity contribution is 1.29. The molecule has 0 aromatic carbocycles. The van der Waals surface area contributed by atoms with Crippen molar-refractivity contribution >= 4 is 27.5 Å². The van der Waals surface area contributed by atoms with Crippen molar-refractivity contribution in [2.45, 2.75) is 0 Å². The van der Waals surface area contributed by atoms with Gasteiger partial charge in [-0.2, -0.15) is 0 Å². The van der Waals surface area contributed by atoms with Crippen LogP contribution in [-0.2, 0) is 0 Å². The highest BCUT2D eigenvalue weighted by Crippen LogP contribution is 2.25. The van der Waals surface area contributed by atoms with Gasteiger partial charge in [-0.3, -0.25) is 4.98 Å². The highest BCUT2D eigenvalue weighted by atomic mass is 79.9. The third-order valence-electron chi connectivity index (χ3n) is 1.79. The first kappa shape index (κ1) is 9.62. The average Bonchev–Trinajstić information content (AvgIpc) is 2.23. The van der Waals surface area contributed by atoms with Gasteiger partial charge in [0.1, 0.15) is 5.15 Å². The van der Waals surface area contributed by atoms with E-state index in [1.54, 1.807) is 18.6 Å². The predicted molar refractivity (Wildman–Crippen MR) is 60.2 cm³/mol. The van der Waals surface area contributed by atoms with E-state index in [-0.39, 0.29) is 0 Å². The molecule has 2 rings (SSSR count). The summed E-state index contributed by atoms with van der Waals surface area (Å²) in [4.78, 5) is 8.08. The van der Waals surface area contributed by atoms with Crippen LogP contribution in [0.5, 0.6) is 0 Å². The number of hydrogen-bond donors (Lipinski definition) is 0. The molecule has 0 aliphatic carbocycles. The molecule has 0 saturated heterocycles. The van der Waals surface area contributed by atoms with Gasteiger partial charge in [-0.25, -0.2) is 4.98 Å². The van der Waals surface area contributed by atoms with E-state index in [0.29, 0.717) is 5.15 Å². The number of rotatable bonds is 1. The molecule has 0 N–H and O–H groups in total. The first-order chi connectivity index (χ1) is 6.77. The third kappa shape index (κ3) is 1.94. The lowest BCUT2D eigenvalue weighted by Crippen LogP contribution is -1.82. The van der Waals surface area contributed by atoms with Crippen molar-refractivity contribution in [3.05, 3.63) is 46.4 Å². The molecule has 0 aliphatic rings. The Labute approximate surface area is 95.1 Å². The summed E-state index contributed by atoms with van der Waals surface area (Å²) in [6.45, 7) is 0. The second-order valence-electron chi connectivity index (χ2n) is 2.74. The summed E-state index contributed by atoms with van der Waals surface area (Å²) >= 11 is 9.12. The van der Waals surface area contributed by atoms with Crippen LogP contribution in [0.15, 0.2) is 41.3 Å². The maximum absolute atomic E-state index is 5.79. The van der Waals surface area contributed by atoms with Crippen molar-refractivity contribution in [3.63, 3.8) is 0 Å². The minimum absolute atomic E-state index is 0.470. The molecule has 0 amide bonds. The Bertz CT molecular complexity index is 445. The quantitative estimate of drug-likeness (QED) is 0.740. The summed E-state index contributed by atoms with van der Waals surface area (Å²) in [5.74, 6) is 0. The van der Waals surface area contributed by atoms with Crippen LogP contribution < -0.4 is 0 Å². The van der Waals surface area contributed by atoms with Gasteiger partial charge in [0.05, 0.1) is 4.47 Å². The number of pyridine rings is 2. The lowest BCUT2D eigenvalue weighted by atomic mass is 10.1. The van der Waals surface area contributed by atoms with E-state index in [4.69, 9.17) is 11.6 Å². The van der Waals surface area contributed by atoms with Crippen LogP contribution in [0.4, 0.5) is 0 Å². The predicted octanol–water partition coefficient (Wildman–Crippen LogP) is 3.56. The summed E-state index contributed by atoms with van der Waals surface area (Å²) in [7, 11) is 0. The Morgan fingerprint density at radius 2 is 2.07 bits per heavy atom. The van der Waals surface area contributed by atoms with Gasteiger partial charge in [0, 0.05) is 29.7 Å². The first-order valence-electron chi connectivity index (χ1n) is 3.99. The molecule has 4 heteroatoms. The van der Waals surface area contributed by atoms with E-state index in [1.807, 2.05) is 18.2 Å². The fourth-order valence-corrected chi connectivity index (χ4v) is 1.56. The number of nitrogens with zero attached hydrogens (tertiary/aromatic N) is 2. The molecule has 70 valence electrons. The normalized spacial score (nSPS) is 10.1. The summed E-state index contributed by atoms with van der Waals surface area (Å²) in [6.07, 6.45) is 5.25. The Kier molecular flexibility index (Phi) is 2.79. The molecular formula is C10H6BrClN2. The summed E-state index contributed by atoms with van der Waals surface area (Å²) in [6, 6.07) is 5.79. The molecule has 0 saturated carbocycles. The van der Waals surface area contributed by atoms with Crippen LogP contribution in [0.2, 0.25) is 5.15 Å². The highest BCUT2D eigenvalue weighted by molar-refractivity contribution is 9.10. The van der Waals surface area contributed by atoms with Gasteiger partial charge in [-0.05, 0) is 28.1 Å². The molecule has 0 aliphatic heterocycles. The van der Waals surface area contributed by atoms with E-state index in [1.165, 1.54) is 0 Å². The number of halogens is 2. The molecule has 2 nitrogen and oxygen atoms in total. The largest absolute Gasteiger partial charge is 0.264 e. The summed E-state index contributed by atoms with van der Waals surface area (Å²) in [5.41, 5.74) is 2.02. The van der Waals surface area contributed by atoms with E-state index in [9.17, 15) is 0 Å². The van der Waals surface area contributed by atoms with Crippen molar-refractivity contribution in [2.75, 3.05) is 0 Å². The number of hydrogen-bond acceptors (Lipinski definition) is 2. The van der Waals surface area contributed by atoms with E-state index in [2.05, 4.69) is 25.9 Å². The van der Waals surface area contributed by atoms with Crippen LogP contribution in [0.25, 0.3) is 11.1 Å². The minimum atomic E-state index is 0.470. The molecule has 0 atom stereocenters. The zero-order valence-electron chi connectivity index (χ0n) is 7.11. The van der Waals surface area contributed by atoms with Crippen molar-refractivity contribution in [2.24, 2.45) is 0 Å². The Morgan fingerprint density at radius 3 is 2.71 bits per heavy atom. The monoisotopic (exact) mass is 268 g/mol. The van der Waals surface area contributed by atoms with Gasteiger partial charge in [0.15, 0.2) is 0 Å². The molecule has 2 aromatic rings. The van der Waals surface area contributed by atoms with Crippen LogP contribution in [0, 0.1) is 0 Å². The minimum Gasteiger partial charge on any atom is -0.264 e. The van der Waals surface area contributed by atoms with Gasteiger partial charge in [0.2, 0.25) is 0 Å². The topological polar surface area (TPSA) is 25.8 Å². The molecular weight excluding hydrogens is 263 g/mol. The third-order valence-corrected chi connectivity index (χ3v) is 2.93. The zero-order valence-corrected chi connectivity index (χ0v) is 9.46. The molecule has 0 bridgehead atoms. The van der Waals surface area contributed by atoms with Crippen molar-refractivity contribution in [3.8, 4) is 11.1 Å². The standard InChI is InChI=1S/C10H6BrClN2/c11-9-4-8(6-14-10(9)12)7-2-1-3-13-5-7/h1-6H. The first-order valence-corrected chi connectivity index (χ1v) is 5.16. The van der Waals surface area contributed by atoms with Crippen LogP contribution in [-0.4, -0.2) is 9.97 Å². The van der Waals surface area contributed by atoms with Gasteiger partial charge in [-0.15, -0.1) is 0 Å². The van der Waals surface area contributed by atoms with Gasteiger partial charge in [0.25, 0.3) is 0 Å². The maximum atomic E-state index is 5.79. The van der Waals surface area contributed by atoms with Crippen LogP contribution in [0.3, 0.4) is 0 Å². The van der Waals surface area contributed by atoms with Gasteiger partial charge in [-0.1, -0.05) is 17.7 Å². The molecule has 0 spiro atoms. The van der Waals surface area contributed by atoms with E-state index >= 15 is 0 Å². The molecule has 2 aromatic heterocycles. The van der Waals surface area contributed by atoms with Gasteiger partial charge >= 0.3 is 0 Å². The van der Waals surface area contributed by atoms with Crippen molar-refractivity contribution in [1.82, 2.24) is 9.97 Å². The fourth-order valence-electron chi connectivity index (χ4n) is 1.11. The molecule has 2 heterocycles. The smallest absolute Gasteiger partial charge is 0.143 e. The molecule has 14 heavy (non-hydrogen) atoms. The Balaban J connectivity index is 2.48. The fraction of sp³-hybridized carbons (Fsp3) is 0. The number of aromatic nitrogens is 2.